The Balaban J connectivity index is 2.15. The Labute approximate surface area is 199 Å². The second-order valence-corrected chi connectivity index (χ2v) is 8.87. The number of hydrogen-bond donors (Lipinski definition) is 2. The van der Waals surface area contributed by atoms with Crippen LogP contribution in [0.4, 0.5) is 11.5 Å². The minimum Gasteiger partial charge on any atom is -0.492 e. The van der Waals surface area contributed by atoms with Crippen molar-refractivity contribution in [1.82, 2.24) is 14.5 Å². The number of carbonyl (C=O) groups is 1. The molecule has 1 aromatic heterocycles. The van der Waals surface area contributed by atoms with E-state index >= 15 is 0 Å². The minimum atomic E-state index is -0.657. The first kappa shape index (κ1) is 26.5. The van der Waals surface area contributed by atoms with Crippen molar-refractivity contribution in [3.05, 3.63) is 50.1 Å². The summed E-state index contributed by atoms with van der Waals surface area (Å²) < 4.78 is 7.01. The molecule has 0 spiro atoms. The Morgan fingerprint density at radius 1 is 1.21 bits per heavy atom. The first-order valence-electron chi connectivity index (χ1n) is 11.1. The first-order chi connectivity index (χ1) is 15.6. The fourth-order valence-electron chi connectivity index (χ4n) is 3.31. The van der Waals surface area contributed by atoms with Gasteiger partial charge in [-0.25, -0.2) is 4.79 Å². The van der Waals surface area contributed by atoms with Crippen LogP contribution in [-0.2, 0) is 11.3 Å². The molecule has 182 valence electrons. The summed E-state index contributed by atoms with van der Waals surface area (Å²) >= 11 is 5.88. The molecule has 9 nitrogen and oxygen atoms in total. The second kappa shape index (κ2) is 12.5. The lowest BCUT2D eigenvalue weighted by atomic mass is 10.2. The van der Waals surface area contributed by atoms with Gasteiger partial charge in [-0.3, -0.25) is 24.0 Å². The molecule has 0 aliphatic carbocycles. The number of aromatic amines is 1. The predicted octanol–water partition coefficient (Wildman–Crippen LogP) is 2.57. The fraction of sp³-hybridized carbons (Fsp3) is 0.522. The van der Waals surface area contributed by atoms with Crippen LogP contribution in [0.2, 0.25) is 5.02 Å². The molecule has 0 aliphatic rings. The Kier molecular flexibility index (Phi) is 9.99. The van der Waals surface area contributed by atoms with Crippen LogP contribution < -0.4 is 26.6 Å². The van der Waals surface area contributed by atoms with Crippen molar-refractivity contribution >= 4 is 29.0 Å². The molecule has 1 heterocycles. The quantitative estimate of drug-likeness (QED) is 0.483. The normalized spacial score (nSPS) is 11.2. The third kappa shape index (κ3) is 7.64. The van der Waals surface area contributed by atoms with Crippen LogP contribution in [0.3, 0.4) is 0 Å². The Morgan fingerprint density at radius 3 is 2.48 bits per heavy atom. The number of unbranched alkanes of at least 4 members (excludes halogenated alkanes) is 1. The van der Waals surface area contributed by atoms with E-state index in [-0.39, 0.29) is 29.9 Å². The molecule has 0 saturated carbocycles. The number of H-pyrrole nitrogens is 1. The minimum absolute atomic E-state index is 0.00984. The monoisotopic (exact) mass is 479 g/mol. The van der Waals surface area contributed by atoms with Crippen LogP contribution in [-0.4, -0.2) is 53.6 Å². The van der Waals surface area contributed by atoms with Gasteiger partial charge in [0.1, 0.15) is 18.2 Å². The molecule has 1 amide bonds. The van der Waals surface area contributed by atoms with Crippen molar-refractivity contribution in [2.45, 2.75) is 40.2 Å². The number of amides is 1. The third-order valence-corrected chi connectivity index (χ3v) is 5.28. The maximum absolute atomic E-state index is 13.2. The van der Waals surface area contributed by atoms with Gasteiger partial charge < -0.3 is 15.4 Å². The lowest BCUT2D eigenvalue weighted by molar-refractivity contribution is -0.119. The number of halogens is 1. The van der Waals surface area contributed by atoms with Crippen LogP contribution in [0.15, 0.2) is 33.9 Å². The van der Waals surface area contributed by atoms with Crippen molar-refractivity contribution in [2.24, 2.45) is 5.92 Å². The zero-order chi connectivity index (χ0) is 24.5. The average molecular weight is 480 g/mol. The summed E-state index contributed by atoms with van der Waals surface area (Å²) in [7, 11) is 1.80. The van der Waals surface area contributed by atoms with Gasteiger partial charge in [0.25, 0.3) is 5.56 Å². The number of carbonyl (C=O) groups excluding carboxylic acids is 1. The highest BCUT2D eigenvalue weighted by Crippen LogP contribution is 2.19. The number of ether oxygens (including phenoxy) is 1. The van der Waals surface area contributed by atoms with E-state index in [1.807, 2.05) is 25.7 Å². The summed E-state index contributed by atoms with van der Waals surface area (Å²) in [6, 6.07) is 7.05. The topological polar surface area (TPSA) is 114 Å². The summed E-state index contributed by atoms with van der Waals surface area (Å²) in [5.41, 5.74) is 5.03. The fourth-order valence-corrected chi connectivity index (χ4v) is 3.43. The molecular formula is C23H34ClN5O4. The molecule has 2 rings (SSSR count). The molecule has 10 heteroatoms. The molecule has 3 N–H and O–H groups in total. The second-order valence-electron chi connectivity index (χ2n) is 8.44. The molecular weight excluding hydrogens is 446 g/mol. The summed E-state index contributed by atoms with van der Waals surface area (Å²) in [5.74, 6) is 0.561. The largest absolute Gasteiger partial charge is 0.492 e. The van der Waals surface area contributed by atoms with Crippen molar-refractivity contribution in [1.29, 1.82) is 0 Å². The molecule has 1 aromatic carbocycles. The summed E-state index contributed by atoms with van der Waals surface area (Å²) in [5, 5.41) is 0.631. The van der Waals surface area contributed by atoms with Crippen LogP contribution in [0.5, 0.6) is 5.75 Å². The van der Waals surface area contributed by atoms with E-state index in [1.54, 1.807) is 31.3 Å². The van der Waals surface area contributed by atoms with E-state index in [0.29, 0.717) is 43.4 Å². The zero-order valence-electron chi connectivity index (χ0n) is 19.8. The van der Waals surface area contributed by atoms with Gasteiger partial charge in [0, 0.05) is 24.7 Å². The van der Waals surface area contributed by atoms with Crippen LogP contribution in [0.1, 0.15) is 33.6 Å². The SMILES string of the molecule is CCCCN(C(=O)CN(C)CCOc1ccc(Cl)cc1)c1c(N)n(CC(C)C)c(=O)[nH]c1=O. The lowest BCUT2D eigenvalue weighted by Crippen LogP contribution is -2.45. The molecule has 0 radical (unpaired) electrons. The third-order valence-electron chi connectivity index (χ3n) is 5.03. The number of nitrogen functional groups attached to an aromatic ring is 1. The van der Waals surface area contributed by atoms with Crippen molar-refractivity contribution < 1.29 is 9.53 Å². The van der Waals surface area contributed by atoms with Crippen molar-refractivity contribution in [2.75, 3.05) is 43.9 Å². The molecule has 33 heavy (non-hydrogen) atoms. The number of nitrogens with one attached hydrogen (secondary N) is 1. The number of anilines is 2. The summed E-state index contributed by atoms with van der Waals surface area (Å²) in [6.45, 7) is 7.49. The maximum Gasteiger partial charge on any atom is 0.330 e. The maximum atomic E-state index is 13.2. The molecule has 0 bridgehead atoms. The first-order valence-corrected chi connectivity index (χ1v) is 11.5. The highest BCUT2D eigenvalue weighted by atomic mass is 35.5. The molecule has 0 saturated heterocycles. The number of hydrogen-bond acceptors (Lipinski definition) is 6. The van der Waals surface area contributed by atoms with Crippen LogP contribution in [0.25, 0.3) is 0 Å². The number of likely N-dealkylation sites (N-methyl/N-ethyl adjacent to an activating group) is 1. The lowest BCUT2D eigenvalue weighted by Gasteiger charge is -2.27. The number of rotatable bonds is 12. The highest BCUT2D eigenvalue weighted by molar-refractivity contribution is 6.30. The Morgan fingerprint density at radius 2 is 1.88 bits per heavy atom. The van der Waals surface area contributed by atoms with Crippen LogP contribution >= 0.6 is 11.6 Å². The highest BCUT2D eigenvalue weighted by Gasteiger charge is 2.24. The van der Waals surface area contributed by atoms with Gasteiger partial charge >= 0.3 is 5.69 Å². The van der Waals surface area contributed by atoms with Gasteiger partial charge in [0.05, 0.1) is 6.54 Å². The molecule has 0 atom stereocenters. The Hall–Kier alpha value is -2.78. The number of nitrogens with zero attached hydrogens (tertiary/aromatic N) is 3. The number of benzene rings is 1. The zero-order valence-corrected chi connectivity index (χ0v) is 20.5. The van der Waals surface area contributed by atoms with E-state index in [0.717, 1.165) is 6.42 Å². The van der Waals surface area contributed by atoms with Gasteiger partial charge in [-0.05, 0) is 43.7 Å². The molecule has 0 unspecified atom stereocenters. The van der Waals surface area contributed by atoms with Crippen molar-refractivity contribution in [3.63, 3.8) is 0 Å². The van der Waals surface area contributed by atoms with Gasteiger partial charge in [0.15, 0.2) is 5.69 Å². The molecule has 2 aromatic rings. The number of nitrogens with two attached hydrogens (primary N) is 1. The van der Waals surface area contributed by atoms with Gasteiger partial charge in [-0.2, -0.15) is 0 Å². The van der Waals surface area contributed by atoms with Gasteiger partial charge in [0.2, 0.25) is 5.91 Å². The van der Waals surface area contributed by atoms with E-state index in [4.69, 9.17) is 22.1 Å². The van der Waals surface area contributed by atoms with E-state index in [9.17, 15) is 14.4 Å². The van der Waals surface area contributed by atoms with Crippen LogP contribution in [0, 0.1) is 5.92 Å². The summed E-state index contributed by atoms with van der Waals surface area (Å²) in [4.78, 5) is 43.6. The van der Waals surface area contributed by atoms with E-state index in [1.165, 1.54) is 9.47 Å². The van der Waals surface area contributed by atoms with E-state index in [2.05, 4.69) is 4.98 Å². The predicted molar refractivity (Wildman–Crippen MR) is 132 cm³/mol. The smallest absolute Gasteiger partial charge is 0.330 e. The van der Waals surface area contributed by atoms with Gasteiger partial charge in [-0.15, -0.1) is 0 Å². The molecule has 0 aliphatic heterocycles. The standard InChI is InChI=1S/C23H34ClN5O4/c1-5-6-11-28(20-21(25)29(14-16(2)3)23(32)26-22(20)31)19(30)15-27(4)12-13-33-18-9-7-17(24)8-10-18/h7-10,16H,5-6,11-15,25H2,1-4H3,(H,26,31,32). The van der Waals surface area contributed by atoms with Gasteiger partial charge in [-0.1, -0.05) is 38.8 Å². The average Bonchev–Trinajstić information content (AvgIpc) is 2.74. The Bertz CT molecular complexity index is 1030. The van der Waals surface area contributed by atoms with E-state index < -0.39 is 11.2 Å². The number of aromatic nitrogens is 2. The van der Waals surface area contributed by atoms with Crippen molar-refractivity contribution in [3.8, 4) is 5.75 Å². The summed E-state index contributed by atoms with van der Waals surface area (Å²) in [6.07, 6.45) is 1.52. The molecule has 0 fully saturated rings.